The highest BCUT2D eigenvalue weighted by molar-refractivity contribution is 6.08. The summed E-state index contributed by atoms with van der Waals surface area (Å²) < 4.78 is 38.1. The van der Waals surface area contributed by atoms with E-state index in [0.29, 0.717) is 62.8 Å². The van der Waals surface area contributed by atoms with E-state index in [4.69, 9.17) is 18.9 Å². The third kappa shape index (κ3) is 4.04. The number of hydrogen-bond donors (Lipinski definition) is 0. The molecule has 1 spiro atoms. The van der Waals surface area contributed by atoms with Gasteiger partial charge in [-0.25, -0.2) is 4.39 Å². The fourth-order valence-corrected chi connectivity index (χ4v) is 5.38. The van der Waals surface area contributed by atoms with Crippen LogP contribution in [-0.4, -0.2) is 63.9 Å². The predicted octanol–water partition coefficient (Wildman–Crippen LogP) is 3.54. The zero-order chi connectivity index (χ0) is 23.1. The molecule has 7 nitrogen and oxygen atoms in total. The lowest BCUT2D eigenvalue weighted by Crippen LogP contribution is -2.38. The van der Waals surface area contributed by atoms with Crippen LogP contribution in [0.2, 0.25) is 0 Å². The standard InChI is InChI=1S/C26H29FN2O5/c27-23-15-19(3-6-24(23)28-10-8-26(17-28)33-12-13-34-26)29-9-7-18-14-20(4-5-22(18)25(29)30)32-16-21-2-1-11-31-21/h3-6,14-15,21H,1-2,7-13,16-17H2/t21-/m0/s1. The molecule has 0 bridgehead atoms. The maximum absolute atomic E-state index is 15.1. The smallest absolute Gasteiger partial charge is 0.258 e. The number of anilines is 2. The molecule has 6 rings (SSSR count). The molecule has 4 heterocycles. The van der Waals surface area contributed by atoms with E-state index in [1.165, 1.54) is 6.07 Å². The Bertz CT molecular complexity index is 1080. The van der Waals surface area contributed by atoms with Gasteiger partial charge >= 0.3 is 0 Å². The van der Waals surface area contributed by atoms with Crippen molar-refractivity contribution in [1.82, 2.24) is 0 Å². The summed E-state index contributed by atoms with van der Waals surface area (Å²) in [6, 6.07) is 10.6. The molecule has 180 valence electrons. The highest BCUT2D eigenvalue weighted by Gasteiger charge is 2.44. The first kappa shape index (κ1) is 21.8. The fourth-order valence-electron chi connectivity index (χ4n) is 5.38. The van der Waals surface area contributed by atoms with Crippen molar-refractivity contribution < 1.29 is 28.1 Å². The molecule has 0 unspecified atom stereocenters. The zero-order valence-electron chi connectivity index (χ0n) is 19.1. The highest BCUT2D eigenvalue weighted by Crippen LogP contribution is 2.36. The van der Waals surface area contributed by atoms with Crippen molar-refractivity contribution in [3.63, 3.8) is 0 Å². The molecule has 8 heteroatoms. The maximum atomic E-state index is 15.1. The second-order valence-electron chi connectivity index (χ2n) is 9.39. The van der Waals surface area contributed by atoms with Crippen LogP contribution < -0.4 is 14.5 Å². The molecule has 4 aliphatic heterocycles. The van der Waals surface area contributed by atoms with Crippen molar-refractivity contribution in [2.75, 3.05) is 55.9 Å². The molecule has 0 aliphatic carbocycles. The van der Waals surface area contributed by atoms with Crippen LogP contribution in [0.4, 0.5) is 15.8 Å². The second-order valence-corrected chi connectivity index (χ2v) is 9.39. The minimum absolute atomic E-state index is 0.119. The van der Waals surface area contributed by atoms with Gasteiger partial charge in [0.15, 0.2) is 5.79 Å². The van der Waals surface area contributed by atoms with Gasteiger partial charge in [-0.1, -0.05) is 0 Å². The van der Waals surface area contributed by atoms with Gasteiger partial charge in [-0.3, -0.25) is 4.79 Å². The third-order valence-corrected chi connectivity index (χ3v) is 7.21. The Morgan fingerprint density at radius 1 is 1.09 bits per heavy atom. The van der Waals surface area contributed by atoms with E-state index >= 15 is 4.39 Å². The Morgan fingerprint density at radius 3 is 2.76 bits per heavy atom. The maximum Gasteiger partial charge on any atom is 0.258 e. The first-order valence-electron chi connectivity index (χ1n) is 12.1. The molecular weight excluding hydrogens is 439 g/mol. The molecule has 34 heavy (non-hydrogen) atoms. The quantitative estimate of drug-likeness (QED) is 0.669. The van der Waals surface area contributed by atoms with Gasteiger partial charge < -0.3 is 28.7 Å². The molecule has 3 fully saturated rings. The van der Waals surface area contributed by atoms with Crippen LogP contribution in [0.25, 0.3) is 0 Å². The number of ether oxygens (including phenoxy) is 4. The number of fused-ring (bicyclic) bond motifs is 1. The summed E-state index contributed by atoms with van der Waals surface area (Å²) in [6.45, 7) is 4.16. The summed E-state index contributed by atoms with van der Waals surface area (Å²) >= 11 is 0. The van der Waals surface area contributed by atoms with Crippen LogP contribution >= 0.6 is 0 Å². The lowest BCUT2D eigenvalue weighted by molar-refractivity contribution is -0.137. The summed E-state index contributed by atoms with van der Waals surface area (Å²) in [6.07, 6.45) is 3.65. The number of hydrogen-bond acceptors (Lipinski definition) is 6. The summed E-state index contributed by atoms with van der Waals surface area (Å²) in [5.41, 5.74) is 2.68. The Labute approximate surface area is 198 Å². The Hall–Kier alpha value is -2.68. The molecule has 0 saturated carbocycles. The Kier molecular flexibility index (Phi) is 5.67. The summed E-state index contributed by atoms with van der Waals surface area (Å²) in [5.74, 6) is -0.315. The number of carbonyl (C=O) groups excluding carboxylic acids is 1. The molecule has 3 saturated heterocycles. The van der Waals surface area contributed by atoms with E-state index in [1.807, 2.05) is 29.2 Å². The van der Waals surface area contributed by atoms with Gasteiger partial charge in [-0.15, -0.1) is 0 Å². The monoisotopic (exact) mass is 468 g/mol. The zero-order valence-corrected chi connectivity index (χ0v) is 19.1. The Balaban J connectivity index is 1.15. The fraction of sp³-hybridized carbons (Fsp3) is 0.500. The van der Waals surface area contributed by atoms with Gasteiger partial charge in [0, 0.05) is 37.4 Å². The summed E-state index contributed by atoms with van der Waals surface area (Å²) in [4.78, 5) is 16.8. The van der Waals surface area contributed by atoms with Crippen molar-refractivity contribution in [2.45, 2.75) is 37.6 Å². The second kappa shape index (κ2) is 8.83. The SMILES string of the molecule is O=C1c2ccc(OC[C@@H]3CCCO3)cc2CCN1c1ccc(N2CCC3(C2)OCCO3)c(F)c1. The van der Waals surface area contributed by atoms with E-state index in [1.54, 1.807) is 11.0 Å². The number of carbonyl (C=O) groups is 1. The average Bonchev–Trinajstić information content (AvgIpc) is 3.62. The van der Waals surface area contributed by atoms with Gasteiger partial charge in [-0.2, -0.15) is 0 Å². The van der Waals surface area contributed by atoms with E-state index in [2.05, 4.69) is 0 Å². The highest BCUT2D eigenvalue weighted by atomic mass is 19.1. The van der Waals surface area contributed by atoms with E-state index < -0.39 is 5.79 Å². The normalized spacial score (nSPS) is 23.7. The van der Waals surface area contributed by atoms with E-state index in [-0.39, 0.29) is 17.8 Å². The van der Waals surface area contributed by atoms with Crippen molar-refractivity contribution >= 4 is 17.3 Å². The number of amides is 1. The van der Waals surface area contributed by atoms with Crippen LogP contribution in [0, 0.1) is 5.82 Å². The van der Waals surface area contributed by atoms with Crippen LogP contribution in [0.15, 0.2) is 36.4 Å². The third-order valence-electron chi connectivity index (χ3n) is 7.21. The van der Waals surface area contributed by atoms with Crippen LogP contribution in [-0.2, 0) is 20.6 Å². The molecule has 4 aliphatic rings. The number of benzene rings is 2. The molecular formula is C26H29FN2O5. The van der Waals surface area contributed by atoms with Gasteiger partial charge in [-0.05, 0) is 61.2 Å². The Morgan fingerprint density at radius 2 is 1.97 bits per heavy atom. The lowest BCUT2D eigenvalue weighted by atomic mass is 9.98. The van der Waals surface area contributed by atoms with Crippen LogP contribution in [0.3, 0.4) is 0 Å². The molecule has 2 aromatic rings. The predicted molar refractivity (Wildman–Crippen MR) is 124 cm³/mol. The first-order chi connectivity index (χ1) is 16.6. The van der Waals surface area contributed by atoms with Gasteiger partial charge in [0.05, 0.1) is 31.5 Å². The van der Waals surface area contributed by atoms with Crippen molar-refractivity contribution in [1.29, 1.82) is 0 Å². The van der Waals surface area contributed by atoms with Crippen LogP contribution in [0.5, 0.6) is 5.75 Å². The largest absolute Gasteiger partial charge is 0.491 e. The summed E-state index contributed by atoms with van der Waals surface area (Å²) in [5, 5.41) is 0. The number of rotatable bonds is 5. The van der Waals surface area contributed by atoms with Crippen LogP contribution in [0.1, 0.15) is 35.2 Å². The van der Waals surface area contributed by atoms with E-state index in [9.17, 15) is 4.79 Å². The molecule has 0 N–H and O–H groups in total. The molecule has 0 radical (unpaired) electrons. The molecule has 1 atom stereocenters. The minimum Gasteiger partial charge on any atom is -0.491 e. The van der Waals surface area contributed by atoms with Gasteiger partial charge in [0.2, 0.25) is 0 Å². The molecule has 1 amide bonds. The van der Waals surface area contributed by atoms with E-state index in [0.717, 1.165) is 37.2 Å². The minimum atomic E-state index is -0.607. The summed E-state index contributed by atoms with van der Waals surface area (Å²) in [7, 11) is 0. The number of nitrogens with zero attached hydrogens (tertiary/aromatic N) is 2. The first-order valence-corrected chi connectivity index (χ1v) is 12.1. The average molecular weight is 469 g/mol. The van der Waals surface area contributed by atoms with Crippen molar-refractivity contribution in [3.05, 3.63) is 53.3 Å². The van der Waals surface area contributed by atoms with Gasteiger partial charge in [0.25, 0.3) is 5.91 Å². The molecule has 2 aromatic carbocycles. The lowest BCUT2D eigenvalue weighted by Gasteiger charge is -2.30. The van der Waals surface area contributed by atoms with Crippen molar-refractivity contribution in [3.8, 4) is 5.75 Å². The topological polar surface area (TPSA) is 60.5 Å². The van der Waals surface area contributed by atoms with Crippen molar-refractivity contribution in [2.24, 2.45) is 0 Å². The van der Waals surface area contributed by atoms with Gasteiger partial charge in [0.1, 0.15) is 18.2 Å². The molecule has 0 aromatic heterocycles. The number of halogens is 1.